The molecule has 1 aliphatic heterocycles. The molecule has 7 heteroatoms. The number of phenols is 1. The Bertz CT molecular complexity index is 834. The summed E-state index contributed by atoms with van der Waals surface area (Å²) in [5.74, 6) is -1.10. The Labute approximate surface area is 129 Å². The maximum atomic E-state index is 13.5. The normalized spacial score (nSPS) is 15.4. The monoisotopic (exact) mass is 317 g/mol. The number of fused-ring (bicyclic) bond motifs is 1. The minimum Gasteiger partial charge on any atom is -0.507 e. The first kappa shape index (κ1) is 14.2. The highest BCUT2D eigenvalue weighted by Crippen LogP contribution is 2.29. The van der Waals surface area contributed by atoms with Gasteiger partial charge in [0.25, 0.3) is 5.91 Å². The number of rotatable bonds is 2. The van der Waals surface area contributed by atoms with Crippen LogP contribution in [0.15, 0.2) is 46.6 Å². The summed E-state index contributed by atoms with van der Waals surface area (Å²) in [6.07, 6.45) is 1.31. The molecule has 0 fully saturated rings. The molecule has 0 atom stereocenters. The number of nitrogens with zero attached hydrogens (tertiary/aromatic N) is 2. The molecular weight excluding hydrogens is 309 g/mol. The lowest BCUT2D eigenvalue weighted by Crippen LogP contribution is -2.13. The van der Waals surface area contributed by atoms with Gasteiger partial charge in [0, 0.05) is 11.1 Å². The van der Waals surface area contributed by atoms with Crippen LogP contribution in [0.3, 0.4) is 0 Å². The van der Waals surface area contributed by atoms with E-state index in [1.165, 1.54) is 18.3 Å². The van der Waals surface area contributed by atoms with Gasteiger partial charge in [0.15, 0.2) is 5.71 Å². The second-order valence-corrected chi connectivity index (χ2v) is 4.93. The Balaban J connectivity index is 1.95. The average Bonchev–Trinajstić information content (AvgIpc) is 2.77. The highest BCUT2D eigenvalue weighted by molar-refractivity contribution is 6.54. The molecule has 0 aliphatic carbocycles. The minimum absolute atomic E-state index is 0.0164. The van der Waals surface area contributed by atoms with Crippen molar-refractivity contribution in [1.82, 2.24) is 0 Å². The van der Waals surface area contributed by atoms with Crippen molar-refractivity contribution in [2.45, 2.75) is 0 Å². The Morgan fingerprint density at radius 3 is 2.82 bits per heavy atom. The van der Waals surface area contributed by atoms with Crippen LogP contribution < -0.4 is 5.32 Å². The lowest BCUT2D eigenvalue weighted by molar-refractivity contribution is -0.110. The molecular formula is C15H9ClFN3O2. The highest BCUT2D eigenvalue weighted by atomic mass is 35.5. The maximum Gasteiger partial charge on any atom is 0.276 e. The van der Waals surface area contributed by atoms with E-state index in [4.69, 9.17) is 11.6 Å². The number of carbonyl (C=O) groups is 1. The first-order chi connectivity index (χ1) is 10.6. The van der Waals surface area contributed by atoms with Crippen molar-refractivity contribution in [3.05, 3.63) is 58.4 Å². The zero-order valence-corrected chi connectivity index (χ0v) is 11.8. The molecule has 2 aromatic rings. The fourth-order valence-corrected chi connectivity index (χ4v) is 2.16. The largest absolute Gasteiger partial charge is 0.507 e. The van der Waals surface area contributed by atoms with Crippen LogP contribution in [0.1, 0.15) is 11.1 Å². The predicted molar refractivity (Wildman–Crippen MR) is 82.3 cm³/mol. The SMILES string of the molecule is O=C1Nc2cc(Cl)c(F)cc2C1=NN=Cc1ccccc1O. The zero-order chi connectivity index (χ0) is 15.7. The second kappa shape index (κ2) is 5.57. The van der Waals surface area contributed by atoms with E-state index in [-0.39, 0.29) is 16.5 Å². The summed E-state index contributed by atoms with van der Waals surface area (Å²) in [7, 11) is 0. The number of benzene rings is 2. The van der Waals surface area contributed by atoms with Crippen LogP contribution in [0.5, 0.6) is 5.75 Å². The summed E-state index contributed by atoms with van der Waals surface area (Å²) in [5.41, 5.74) is 1.11. The summed E-state index contributed by atoms with van der Waals surface area (Å²) in [6.45, 7) is 0. The molecule has 1 heterocycles. The molecule has 1 amide bonds. The molecule has 3 rings (SSSR count). The third-order valence-electron chi connectivity index (χ3n) is 3.07. The van der Waals surface area contributed by atoms with Crippen molar-refractivity contribution in [2.24, 2.45) is 10.2 Å². The molecule has 0 aromatic heterocycles. The third-order valence-corrected chi connectivity index (χ3v) is 3.36. The van der Waals surface area contributed by atoms with Gasteiger partial charge in [-0.15, -0.1) is 5.10 Å². The van der Waals surface area contributed by atoms with Crippen molar-refractivity contribution in [3.8, 4) is 5.75 Å². The molecule has 22 heavy (non-hydrogen) atoms. The van der Waals surface area contributed by atoms with E-state index < -0.39 is 11.7 Å². The van der Waals surface area contributed by atoms with Gasteiger partial charge in [0.2, 0.25) is 0 Å². The summed E-state index contributed by atoms with van der Waals surface area (Å²) >= 11 is 5.67. The third kappa shape index (κ3) is 2.56. The topological polar surface area (TPSA) is 74.0 Å². The molecule has 0 unspecified atom stereocenters. The standard InChI is InChI=1S/C15H9ClFN3O2/c16-10-6-12-9(5-11(10)17)14(15(22)19-12)20-18-7-8-3-1-2-4-13(8)21/h1-7,21H,(H,19,20,22). The summed E-state index contributed by atoms with van der Waals surface area (Å²) in [5, 5.41) is 19.6. The molecule has 2 aromatic carbocycles. The Kier molecular flexibility index (Phi) is 3.60. The molecule has 0 saturated carbocycles. The van der Waals surface area contributed by atoms with Crippen LogP contribution >= 0.6 is 11.6 Å². The second-order valence-electron chi connectivity index (χ2n) is 4.52. The van der Waals surface area contributed by atoms with E-state index in [9.17, 15) is 14.3 Å². The van der Waals surface area contributed by atoms with E-state index >= 15 is 0 Å². The van der Waals surface area contributed by atoms with Gasteiger partial charge in [-0.05, 0) is 24.3 Å². The fraction of sp³-hybridized carbons (Fsp3) is 0. The number of anilines is 1. The van der Waals surface area contributed by atoms with E-state index in [0.717, 1.165) is 6.07 Å². The molecule has 0 bridgehead atoms. The number of hydrogen-bond donors (Lipinski definition) is 2. The van der Waals surface area contributed by atoms with Gasteiger partial charge in [-0.2, -0.15) is 5.10 Å². The number of amides is 1. The van der Waals surface area contributed by atoms with Gasteiger partial charge in [-0.25, -0.2) is 4.39 Å². The quantitative estimate of drug-likeness (QED) is 0.660. The van der Waals surface area contributed by atoms with E-state index in [0.29, 0.717) is 16.8 Å². The highest BCUT2D eigenvalue weighted by Gasteiger charge is 2.27. The van der Waals surface area contributed by atoms with Crippen molar-refractivity contribution in [1.29, 1.82) is 0 Å². The van der Waals surface area contributed by atoms with Gasteiger partial charge >= 0.3 is 0 Å². The minimum atomic E-state index is -0.644. The van der Waals surface area contributed by atoms with E-state index in [1.54, 1.807) is 18.2 Å². The van der Waals surface area contributed by atoms with Crippen molar-refractivity contribution in [2.75, 3.05) is 5.32 Å². The number of halogens is 2. The lowest BCUT2D eigenvalue weighted by atomic mass is 10.1. The van der Waals surface area contributed by atoms with Crippen molar-refractivity contribution < 1.29 is 14.3 Å². The molecule has 1 aliphatic rings. The first-order valence-corrected chi connectivity index (χ1v) is 6.64. The van der Waals surface area contributed by atoms with Crippen LogP contribution in [0.25, 0.3) is 0 Å². The Morgan fingerprint density at radius 1 is 1.27 bits per heavy atom. The molecule has 5 nitrogen and oxygen atoms in total. The number of hydrogen-bond acceptors (Lipinski definition) is 4. The van der Waals surface area contributed by atoms with Gasteiger partial charge in [-0.3, -0.25) is 4.79 Å². The van der Waals surface area contributed by atoms with Gasteiger partial charge in [0.05, 0.1) is 16.9 Å². The molecule has 0 spiro atoms. The van der Waals surface area contributed by atoms with Crippen LogP contribution in [0.2, 0.25) is 5.02 Å². The van der Waals surface area contributed by atoms with Crippen molar-refractivity contribution >= 4 is 35.1 Å². The zero-order valence-electron chi connectivity index (χ0n) is 11.0. The Hall–Kier alpha value is -2.73. The summed E-state index contributed by atoms with van der Waals surface area (Å²) in [4.78, 5) is 11.8. The molecule has 0 saturated heterocycles. The molecule has 0 radical (unpaired) electrons. The number of phenolic OH excluding ortho intramolecular Hbond substituents is 1. The van der Waals surface area contributed by atoms with Gasteiger partial charge < -0.3 is 10.4 Å². The van der Waals surface area contributed by atoms with Gasteiger partial charge in [-0.1, -0.05) is 23.7 Å². The van der Waals surface area contributed by atoms with Crippen LogP contribution in [-0.4, -0.2) is 22.9 Å². The number of para-hydroxylation sites is 1. The van der Waals surface area contributed by atoms with E-state index in [1.807, 2.05) is 0 Å². The number of carbonyl (C=O) groups excluding carboxylic acids is 1. The summed E-state index contributed by atoms with van der Waals surface area (Å²) < 4.78 is 13.5. The maximum absolute atomic E-state index is 13.5. The summed E-state index contributed by atoms with van der Waals surface area (Å²) in [6, 6.07) is 8.99. The van der Waals surface area contributed by atoms with Crippen LogP contribution in [-0.2, 0) is 4.79 Å². The molecule has 110 valence electrons. The first-order valence-electron chi connectivity index (χ1n) is 6.26. The smallest absolute Gasteiger partial charge is 0.276 e. The van der Waals surface area contributed by atoms with Crippen LogP contribution in [0.4, 0.5) is 10.1 Å². The van der Waals surface area contributed by atoms with Crippen molar-refractivity contribution in [3.63, 3.8) is 0 Å². The average molecular weight is 318 g/mol. The lowest BCUT2D eigenvalue weighted by Gasteiger charge is -1.99. The van der Waals surface area contributed by atoms with E-state index in [2.05, 4.69) is 15.5 Å². The number of nitrogens with one attached hydrogen (secondary N) is 1. The fourth-order valence-electron chi connectivity index (χ4n) is 1.99. The number of aromatic hydroxyl groups is 1. The molecule has 2 N–H and O–H groups in total. The van der Waals surface area contributed by atoms with Gasteiger partial charge in [0.1, 0.15) is 11.6 Å². The Morgan fingerprint density at radius 2 is 2.05 bits per heavy atom. The predicted octanol–water partition coefficient (Wildman–Crippen LogP) is 2.96. The van der Waals surface area contributed by atoms with Crippen LogP contribution in [0, 0.1) is 5.82 Å².